The average molecular weight is 465 g/mol. The van der Waals surface area contributed by atoms with Gasteiger partial charge in [-0.3, -0.25) is 24.7 Å². The number of hydrogen-bond acceptors (Lipinski definition) is 7. The van der Waals surface area contributed by atoms with Crippen molar-refractivity contribution in [3.63, 3.8) is 0 Å². The normalized spacial score (nSPS) is 38.0. The SMILES string of the molecule is COC(=O)[C@@H]1CC2NCN(CC3CCC(OC)CC3)C2CN1CC1CCC(NC(C)=O)CC1. The van der Waals surface area contributed by atoms with Crippen molar-refractivity contribution in [2.45, 2.75) is 95.0 Å². The molecule has 0 radical (unpaired) electrons. The van der Waals surface area contributed by atoms with Crippen molar-refractivity contribution in [2.75, 3.05) is 40.5 Å². The number of likely N-dealkylation sites (tertiary alicyclic amines) is 1. The van der Waals surface area contributed by atoms with Crippen LogP contribution in [0.4, 0.5) is 0 Å². The first-order valence-corrected chi connectivity index (χ1v) is 13.1. The van der Waals surface area contributed by atoms with Gasteiger partial charge in [0.15, 0.2) is 0 Å². The Bertz CT molecular complexity index is 661. The third-order valence-electron chi connectivity index (χ3n) is 8.67. The largest absolute Gasteiger partial charge is 0.468 e. The number of rotatable bonds is 7. The summed E-state index contributed by atoms with van der Waals surface area (Å²) in [6.07, 6.45) is 10.4. The minimum Gasteiger partial charge on any atom is -0.468 e. The zero-order valence-corrected chi connectivity index (χ0v) is 20.8. The lowest BCUT2D eigenvalue weighted by atomic mass is 9.84. The summed E-state index contributed by atoms with van der Waals surface area (Å²) in [5, 5.41) is 6.78. The van der Waals surface area contributed by atoms with Gasteiger partial charge in [0.25, 0.3) is 0 Å². The minimum absolute atomic E-state index is 0.0656. The van der Waals surface area contributed by atoms with Gasteiger partial charge in [0.2, 0.25) is 5.91 Å². The molecule has 3 atom stereocenters. The van der Waals surface area contributed by atoms with Crippen LogP contribution in [0.15, 0.2) is 0 Å². The first kappa shape index (κ1) is 24.9. The number of amides is 1. The van der Waals surface area contributed by atoms with Gasteiger partial charge in [0, 0.05) is 58.5 Å². The minimum atomic E-state index is -0.158. The second kappa shape index (κ2) is 11.5. The molecule has 2 heterocycles. The lowest BCUT2D eigenvalue weighted by Crippen LogP contribution is -2.59. The third kappa shape index (κ3) is 6.27. The number of esters is 1. The van der Waals surface area contributed by atoms with Crippen LogP contribution in [0.3, 0.4) is 0 Å². The number of ether oxygens (including phenoxy) is 2. The molecule has 4 rings (SSSR count). The molecule has 2 saturated heterocycles. The van der Waals surface area contributed by atoms with Gasteiger partial charge >= 0.3 is 5.97 Å². The predicted molar refractivity (Wildman–Crippen MR) is 127 cm³/mol. The highest BCUT2D eigenvalue weighted by Gasteiger charge is 2.45. The highest BCUT2D eigenvalue weighted by atomic mass is 16.5. The number of methoxy groups -OCH3 is 2. The Labute approximate surface area is 199 Å². The molecule has 0 bridgehead atoms. The van der Waals surface area contributed by atoms with Gasteiger partial charge in [-0.2, -0.15) is 0 Å². The number of nitrogens with one attached hydrogen (secondary N) is 2. The van der Waals surface area contributed by atoms with Crippen LogP contribution in [0.5, 0.6) is 0 Å². The molecule has 0 aromatic carbocycles. The predicted octanol–water partition coefficient (Wildman–Crippen LogP) is 1.73. The molecule has 2 N–H and O–H groups in total. The van der Waals surface area contributed by atoms with Gasteiger partial charge in [0.05, 0.1) is 13.2 Å². The van der Waals surface area contributed by atoms with Crippen LogP contribution in [0, 0.1) is 11.8 Å². The maximum atomic E-state index is 12.7. The molecule has 0 spiro atoms. The maximum absolute atomic E-state index is 12.7. The summed E-state index contributed by atoms with van der Waals surface area (Å²) < 4.78 is 10.8. The van der Waals surface area contributed by atoms with Crippen LogP contribution >= 0.6 is 0 Å². The number of nitrogens with zero attached hydrogens (tertiary/aromatic N) is 2. The van der Waals surface area contributed by atoms with Crippen LogP contribution in [-0.4, -0.2) is 92.5 Å². The van der Waals surface area contributed by atoms with E-state index < -0.39 is 0 Å². The number of hydrogen-bond donors (Lipinski definition) is 2. The van der Waals surface area contributed by atoms with E-state index in [1.54, 1.807) is 6.92 Å². The van der Waals surface area contributed by atoms with Crippen LogP contribution < -0.4 is 10.6 Å². The van der Waals surface area contributed by atoms with Crippen LogP contribution in [0.2, 0.25) is 0 Å². The van der Waals surface area contributed by atoms with Gasteiger partial charge in [0.1, 0.15) is 6.04 Å². The molecular formula is C25H44N4O4. The Morgan fingerprint density at radius 3 is 2.18 bits per heavy atom. The number of carbonyl (C=O) groups is 2. The van der Waals surface area contributed by atoms with E-state index in [1.807, 2.05) is 7.11 Å². The maximum Gasteiger partial charge on any atom is 0.323 e. The molecule has 2 aliphatic heterocycles. The Balaban J connectivity index is 1.34. The molecule has 0 aromatic rings. The van der Waals surface area contributed by atoms with Gasteiger partial charge in [-0.05, 0) is 69.6 Å². The fourth-order valence-electron chi connectivity index (χ4n) is 6.76. The van der Waals surface area contributed by atoms with Crippen LogP contribution in [-0.2, 0) is 19.1 Å². The van der Waals surface area contributed by atoms with Gasteiger partial charge in [-0.25, -0.2) is 0 Å². The molecule has 8 nitrogen and oxygen atoms in total. The molecule has 8 heteroatoms. The summed E-state index contributed by atoms with van der Waals surface area (Å²) in [5.41, 5.74) is 0. The number of carbonyl (C=O) groups excluding carboxylic acids is 2. The zero-order chi connectivity index (χ0) is 23.4. The first-order valence-electron chi connectivity index (χ1n) is 13.1. The molecule has 2 aliphatic carbocycles. The van der Waals surface area contributed by atoms with E-state index in [2.05, 4.69) is 20.4 Å². The zero-order valence-electron chi connectivity index (χ0n) is 20.8. The number of piperidine rings is 1. The standard InChI is InChI=1S/C25H44N4O4/c1-17(30)27-20-8-4-18(5-9-20)13-28-15-24-22(12-23(28)25(31)33-3)26-16-29(24)14-19-6-10-21(32-2)11-7-19/h18-24,26H,4-16H2,1-3H3,(H,27,30)/t18?,19?,20?,21?,22?,23-,24?/m0/s1. The summed E-state index contributed by atoms with van der Waals surface area (Å²) in [7, 11) is 3.34. The quantitative estimate of drug-likeness (QED) is 0.555. The van der Waals surface area contributed by atoms with E-state index in [0.717, 1.165) is 64.3 Å². The summed E-state index contributed by atoms with van der Waals surface area (Å²) in [6, 6.07) is 0.968. The molecule has 2 unspecified atom stereocenters. The smallest absolute Gasteiger partial charge is 0.323 e. The highest BCUT2D eigenvalue weighted by Crippen LogP contribution is 2.33. The summed E-state index contributed by atoms with van der Waals surface area (Å²) >= 11 is 0. The average Bonchev–Trinajstić information content (AvgIpc) is 3.21. The molecule has 0 aromatic heterocycles. The molecular weight excluding hydrogens is 420 g/mol. The summed E-state index contributed by atoms with van der Waals surface area (Å²) in [6.45, 7) is 5.53. The molecule has 4 fully saturated rings. The van der Waals surface area contributed by atoms with Gasteiger partial charge in [-0.15, -0.1) is 0 Å². The Kier molecular flexibility index (Phi) is 8.65. The molecule has 33 heavy (non-hydrogen) atoms. The monoisotopic (exact) mass is 464 g/mol. The Hall–Kier alpha value is -1.22. The molecule has 2 saturated carbocycles. The van der Waals surface area contributed by atoms with Crippen molar-refractivity contribution >= 4 is 11.9 Å². The van der Waals surface area contributed by atoms with E-state index >= 15 is 0 Å². The Morgan fingerprint density at radius 2 is 1.58 bits per heavy atom. The van der Waals surface area contributed by atoms with Crippen molar-refractivity contribution in [2.24, 2.45) is 11.8 Å². The van der Waals surface area contributed by atoms with Gasteiger partial charge < -0.3 is 14.8 Å². The second-order valence-corrected chi connectivity index (χ2v) is 10.8. The van der Waals surface area contributed by atoms with Crippen molar-refractivity contribution < 1.29 is 19.1 Å². The van der Waals surface area contributed by atoms with Crippen LogP contribution in [0.25, 0.3) is 0 Å². The van der Waals surface area contributed by atoms with Gasteiger partial charge in [-0.1, -0.05) is 0 Å². The molecule has 188 valence electrons. The lowest BCUT2D eigenvalue weighted by molar-refractivity contribution is -0.149. The molecule has 1 amide bonds. The molecule has 4 aliphatic rings. The highest BCUT2D eigenvalue weighted by molar-refractivity contribution is 5.76. The van der Waals surface area contributed by atoms with Crippen LogP contribution in [0.1, 0.15) is 64.7 Å². The van der Waals surface area contributed by atoms with E-state index in [-0.39, 0.29) is 17.9 Å². The number of fused-ring (bicyclic) bond motifs is 1. The fourth-order valence-corrected chi connectivity index (χ4v) is 6.76. The lowest BCUT2D eigenvalue weighted by Gasteiger charge is -2.44. The van der Waals surface area contributed by atoms with E-state index in [4.69, 9.17) is 9.47 Å². The van der Waals surface area contributed by atoms with Crippen molar-refractivity contribution in [1.82, 2.24) is 20.4 Å². The van der Waals surface area contributed by atoms with E-state index in [9.17, 15) is 9.59 Å². The van der Waals surface area contributed by atoms with Crippen molar-refractivity contribution in [3.05, 3.63) is 0 Å². The summed E-state index contributed by atoms with van der Waals surface area (Å²) in [4.78, 5) is 29.1. The Morgan fingerprint density at radius 1 is 0.939 bits per heavy atom. The first-order chi connectivity index (χ1) is 16.0. The van der Waals surface area contributed by atoms with E-state index in [0.29, 0.717) is 30.1 Å². The van der Waals surface area contributed by atoms with E-state index in [1.165, 1.54) is 32.8 Å². The summed E-state index contributed by atoms with van der Waals surface area (Å²) in [5.74, 6) is 1.29. The van der Waals surface area contributed by atoms with Crippen molar-refractivity contribution in [1.29, 1.82) is 0 Å². The second-order valence-electron chi connectivity index (χ2n) is 10.8. The van der Waals surface area contributed by atoms with Crippen molar-refractivity contribution in [3.8, 4) is 0 Å². The fraction of sp³-hybridized carbons (Fsp3) is 0.920. The topological polar surface area (TPSA) is 83.1 Å². The third-order valence-corrected chi connectivity index (χ3v) is 8.67.